The van der Waals surface area contributed by atoms with Crippen molar-refractivity contribution in [1.29, 1.82) is 0 Å². The Labute approximate surface area is 197 Å². The van der Waals surface area contributed by atoms with Crippen LogP contribution in [-0.4, -0.2) is 45.8 Å². The number of aromatic nitrogens is 3. The van der Waals surface area contributed by atoms with E-state index in [1.807, 2.05) is 4.90 Å². The van der Waals surface area contributed by atoms with E-state index in [9.17, 15) is 28.1 Å². The van der Waals surface area contributed by atoms with Crippen molar-refractivity contribution in [3.63, 3.8) is 0 Å². The van der Waals surface area contributed by atoms with E-state index in [-0.39, 0.29) is 11.1 Å². The third kappa shape index (κ3) is 4.90. The van der Waals surface area contributed by atoms with Crippen LogP contribution in [0.5, 0.6) is 0 Å². The molecule has 35 heavy (non-hydrogen) atoms. The fourth-order valence-electron chi connectivity index (χ4n) is 4.00. The first-order valence-electron chi connectivity index (χ1n) is 10.8. The lowest BCUT2D eigenvalue weighted by Gasteiger charge is -2.29. The van der Waals surface area contributed by atoms with Crippen molar-refractivity contribution in [3.8, 4) is 0 Å². The lowest BCUT2D eigenvalue weighted by molar-refractivity contribution is -0.385. The molecule has 3 aromatic rings. The Bertz CT molecular complexity index is 1350. The van der Waals surface area contributed by atoms with Gasteiger partial charge in [0.05, 0.1) is 35.1 Å². The molecule has 0 unspecified atom stereocenters. The van der Waals surface area contributed by atoms with Gasteiger partial charge in [0.2, 0.25) is 0 Å². The summed E-state index contributed by atoms with van der Waals surface area (Å²) in [5.41, 5.74) is -1.18. The predicted octanol–water partition coefficient (Wildman–Crippen LogP) is 3.57. The Morgan fingerprint density at radius 2 is 1.86 bits per heavy atom. The number of alkyl halides is 3. The van der Waals surface area contributed by atoms with Crippen LogP contribution in [0.1, 0.15) is 29.9 Å². The van der Waals surface area contributed by atoms with Gasteiger partial charge in [0.15, 0.2) is 0 Å². The van der Waals surface area contributed by atoms with Gasteiger partial charge in [-0.1, -0.05) is 0 Å². The molecule has 13 heteroatoms. The lowest BCUT2D eigenvalue weighted by atomic mass is 10.0. The fraction of sp³-hybridized carbons (Fsp3) is 0.409. The Morgan fingerprint density at radius 3 is 2.49 bits per heavy atom. The molecule has 1 aliphatic heterocycles. The molecule has 1 saturated heterocycles. The van der Waals surface area contributed by atoms with E-state index in [2.05, 4.69) is 15.3 Å². The van der Waals surface area contributed by atoms with Gasteiger partial charge in [-0.3, -0.25) is 19.5 Å². The Hall–Kier alpha value is -3.74. The maximum absolute atomic E-state index is 13.4. The van der Waals surface area contributed by atoms with Crippen LogP contribution in [-0.2, 0) is 18.0 Å². The maximum atomic E-state index is 13.4. The minimum absolute atomic E-state index is 0.0640. The predicted molar refractivity (Wildman–Crippen MR) is 123 cm³/mol. The zero-order chi connectivity index (χ0) is 25.5. The van der Waals surface area contributed by atoms with Gasteiger partial charge >= 0.3 is 6.18 Å². The first-order chi connectivity index (χ1) is 16.5. The maximum Gasteiger partial charge on any atom is 0.416 e. The minimum Gasteiger partial charge on any atom is -0.378 e. The van der Waals surface area contributed by atoms with Gasteiger partial charge in [-0.25, -0.2) is 9.97 Å². The van der Waals surface area contributed by atoms with E-state index in [1.165, 1.54) is 4.57 Å². The van der Waals surface area contributed by atoms with Gasteiger partial charge in [0.25, 0.3) is 11.2 Å². The van der Waals surface area contributed by atoms with Crippen molar-refractivity contribution in [1.82, 2.24) is 14.5 Å². The monoisotopic (exact) mass is 492 g/mol. The quantitative estimate of drug-likeness (QED) is 0.425. The average Bonchev–Trinajstić information content (AvgIpc) is 2.81. The number of non-ortho nitro benzene ring substituents is 1. The molecule has 0 amide bonds. The number of fused-ring (bicyclic) bond motifs is 1. The summed E-state index contributed by atoms with van der Waals surface area (Å²) in [6.07, 6.45) is -4.75. The highest BCUT2D eigenvalue weighted by Gasteiger charge is 2.33. The van der Waals surface area contributed by atoms with Crippen LogP contribution in [0.25, 0.3) is 11.0 Å². The summed E-state index contributed by atoms with van der Waals surface area (Å²) in [7, 11) is 1.59. The van der Waals surface area contributed by atoms with E-state index in [0.29, 0.717) is 60.7 Å². The van der Waals surface area contributed by atoms with Crippen molar-refractivity contribution < 1.29 is 22.8 Å². The molecule has 1 fully saturated rings. The standard InChI is InChI=1S/C22H23F3N6O4/c1-12(14-8-15(22(23,24)25)10-16(9-14)31(33)34)26-19-17-11-18(30-4-6-35-7-5-30)21(32)29(3)20(17)28-13(2)27-19/h8-12H,4-7H2,1-3H3,(H,26,27,28)/t12-/m1/s1. The number of halogens is 3. The third-order valence-corrected chi connectivity index (χ3v) is 5.84. The number of ether oxygens (including phenoxy) is 1. The van der Waals surface area contributed by atoms with Crippen molar-refractivity contribution in [2.75, 3.05) is 36.5 Å². The van der Waals surface area contributed by atoms with Crippen LogP contribution in [0.2, 0.25) is 0 Å². The number of morpholine rings is 1. The topological polar surface area (TPSA) is 115 Å². The minimum atomic E-state index is -4.75. The normalized spacial score (nSPS) is 15.3. The fourth-order valence-corrected chi connectivity index (χ4v) is 4.00. The number of anilines is 2. The number of nitrogens with zero attached hydrogens (tertiary/aromatic N) is 5. The molecule has 186 valence electrons. The summed E-state index contributed by atoms with van der Waals surface area (Å²) in [6, 6.07) is 3.35. The van der Waals surface area contributed by atoms with Crippen LogP contribution in [0.3, 0.4) is 0 Å². The second kappa shape index (κ2) is 9.13. The lowest BCUT2D eigenvalue weighted by Crippen LogP contribution is -2.40. The van der Waals surface area contributed by atoms with Gasteiger partial charge < -0.3 is 15.0 Å². The molecular formula is C22H23F3N6O4. The van der Waals surface area contributed by atoms with E-state index in [4.69, 9.17) is 4.74 Å². The average molecular weight is 492 g/mol. The molecule has 10 nitrogen and oxygen atoms in total. The number of pyridine rings is 1. The number of nitro benzene ring substituents is 1. The Morgan fingerprint density at radius 1 is 1.17 bits per heavy atom. The molecule has 1 aliphatic rings. The summed E-state index contributed by atoms with van der Waals surface area (Å²) >= 11 is 0. The van der Waals surface area contributed by atoms with E-state index in [0.717, 1.165) is 12.1 Å². The molecule has 4 rings (SSSR count). The van der Waals surface area contributed by atoms with Gasteiger partial charge in [0, 0.05) is 32.3 Å². The summed E-state index contributed by atoms with van der Waals surface area (Å²) in [6.45, 7) is 5.21. The number of nitro groups is 1. The highest BCUT2D eigenvalue weighted by molar-refractivity contribution is 5.89. The van der Waals surface area contributed by atoms with Gasteiger partial charge in [-0.05, 0) is 31.5 Å². The molecule has 0 saturated carbocycles. The summed E-state index contributed by atoms with van der Waals surface area (Å²) in [5.74, 6) is 0.640. The molecule has 0 spiro atoms. The number of hydrogen-bond donors (Lipinski definition) is 1. The number of hydrogen-bond acceptors (Lipinski definition) is 8. The zero-order valence-corrected chi connectivity index (χ0v) is 19.2. The Balaban J connectivity index is 1.80. The van der Waals surface area contributed by atoms with Gasteiger partial charge in [-0.2, -0.15) is 13.2 Å². The number of aryl methyl sites for hydroxylation is 2. The van der Waals surface area contributed by atoms with E-state index >= 15 is 0 Å². The largest absolute Gasteiger partial charge is 0.416 e. The van der Waals surface area contributed by atoms with Crippen molar-refractivity contribution in [2.45, 2.75) is 26.1 Å². The van der Waals surface area contributed by atoms with Crippen molar-refractivity contribution >= 4 is 28.2 Å². The van der Waals surface area contributed by atoms with Crippen molar-refractivity contribution in [2.24, 2.45) is 7.05 Å². The highest BCUT2D eigenvalue weighted by atomic mass is 19.4. The van der Waals surface area contributed by atoms with E-state index in [1.54, 1.807) is 27.0 Å². The second-order valence-electron chi connectivity index (χ2n) is 8.28. The SMILES string of the molecule is Cc1nc(N[C@H](C)c2cc([N+](=O)[O-])cc(C(F)(F)F)c2)c2cc(N3CCOCC3)c(=O)n(C)c2n1. The molecule has 3 heterocycles. The molecular weight excluding hydrogens is 469 g/mol. The second-order valence-corrected chi connectivity index (χ2v) is 8.28. The molecule has 1 atom stereocenters. The number of rotatable bonds is 5. The number of benzene rings is 1. The third-order valence-electron chi connectivity index (χ3n) is 5.84. The van der Waals surface area contributed by atoms with E-state index < -0.39 is 28.4 Å². The molecule has 0 bridgehead atoms. The molecule has 0 aliphatic carbocycles. The van der Waals surface area contributed by atoms with Crippen LogP contribution < -0.4 is 15.8 Å². The smallest absolute Gasteiger partial charge is 0.378 e. The van der Waals surface area contributed by atoms with Crippen molar-refractivity contribution in [3.05, 3.63) is 61.7 Å². The summed E-state index contributed by atoms with van der Waals surface area (Å²) in [5, 5.41) is 14.8. The first kappa shape index (κ1) is 24.4. The van der Waals surface area contributed by atoms with Crippen LogP contribution in [0, 0.1) is 17.0 Å². The van der Waals surface area contributed by atoms with Crippen LogP contribution in [0.4, 0.5) is 30.4 Å². The zero-order valence-electron chi connectivity index (χ0n) is 19.2. The Kier molecular flexibility index (Phi) is 6.36. The number of nitrogens with one attached hydrogen (secondary N) is 1. The highest BCUT2D eigenvalue weighted by Crippen LogP contribution is 2.35. The van der Waals surface area contributed by atoms with Gasteiger partial charge in [0.1, 0.15) is 23.0 Å². The van der Waals surface area contributed by atoms with Crippen LogP contribution >= 0.6 is 0 Å². The molecule has 2 aromatic heterocycles. The first-order valence-corrected chi connectivity index (χ1v) is 10.8. The summed E-state index contributed by atoms with van der Waals surface area (Å²) < 4.78 is 46.8. The molecule has 0 radical (unpaired) electrons. The van der Waals surface area contributed by atoms with Gasteiger partial charge in [-0.15, -0.1) is 0 Å². The summed E-state index contributed by atoms with van der Waals surface area (Å²) in [4.78, 5) is 34.1. The molecule has 1 N–H and O–H groups in total. The molecule has 1 aromatic carbocycles. The van der Waals surface area contributed by atoms with Crippen LogP contribution in [0.15, 0.2) is 29.1 Å².